The minimum atomic E-state index is -0.611. The van der Waals surface area contributed by atoms with Gasteiger partial charge in [0.1, 0.15) is 0 Å². The molecular weight excluding hydrogens is 340 g/mol. The van der Waals surface area contributed by atoms with Gasteiger partial charge in [0.2, 0.25) is 0 Å². The lowest BCUT2D eigenvalue weighted by atomic mass is 10.0. The molecular formula is C19H29ClN2O3. The number of hydrogen-bond donors (Lipinski definition) is 1. The van der Waals surface area contributed by atoms with Gasteiger partial charge >= 0.3 is 0 Å². The summed E-state index contributed by atoms with van der Waals surface area (Å²) in [7, 11) is 3.20. The highest BCUT2D eigenvalue weighted by Crippen LogP contribution is 2.38. The molecule has 1 aromatic rings. The van der Waals surface area contributed by atoms with Crippen molar-refractivity contribution in [2.45, 2.75) is 37.8 Å². The number of aliphatic hydroxyl groups is 1. The van der Waals surface area contributed by atoms with E-state index in [1.165, 1.54) is 19.3 Å². The fraction of sp³-hybridized carbons (Fsp3) is 0.684. The van der Waals surface area contributed by atoms with Crippen molar-refractivity contribution >= 4 is 11.6 Å². The first-order valence-electron chi connectivity index (χ1n) is 9.11. The lowest BCUT2D eigenvalue weighted by molar-refractivity contribution is 0.00635. The van der Waals surface area contributed by atoms with E-state index in [0.717, 1.165) is 38.2 Å². The summed E-state index contributed by atoms with van der Waals surface area (Å²) in [5.74, 6) is 1.21. The van der Waals surface area contributed by atoms with Gasteiger partial charge in [-0.2, -0.15) is 0 Å². The van der Waals surface area contributed by atoms with Crippen molar-refractivity contribution in [2.75, 3.05) is 46.9 Å². The molecule has 0 spiro atoms. The van der Waals surface area contributed by atoms with Gasteiger partial charge < -0.3 is 19.5 Å². The van der Waals surface area contributed by atoms with Crippen LogP contribution in [0.4, 0.5) is 0 Å². The second-order valence-electron chi connectivity index (χ2n) is 7.30. The summed E-state index contributed by atoms with van der Waals surface area (Å²) in [4.78, 5) is 4.69. The molecule has 2 saturated heterocycles. The third-order valence-electron chi connectivity index (χ3n) is 5.34. The Morgan fingerprint density at radius 3 is 2.52 bits per heavy atom. The molecule has 0 aliphatic carbocycles. The zero-order valence-electron chi connectivity index (χ0n) is 15.3. The molecule has 2 aliphatic rings. The Balaban J connectivity index is 1.63. The molecule has 5 nitrogen and oxygen atoms in total. The van der Waals surface area contributed by atoms with Crippen LogP contribution in [0.3, 0.4) is 0 Å². The smallest absolute Gasteiger partial charge is 0.179 e. The molecule has 0 amide bonds. The normalized spacial score (nSPS) is 25.3. The first-order valence-corrected chi connectivity index (χ1v) is 9.49. The van der Waals surface area contributed by atoms with Crippen molar-refractivity contribution in [1.82, 2.24) is 9.80 Å². The summed E-state index contributed by atoms with van der Waals surface area (Å²) in [5, 5.41) is 11.6. The van der Waals surface area contributed by atoms with Crippen LogP contribution in [0.5, 0.6) is 11.5 Å². The highest BCUT2D eigenvalue weighted by molar-refractivity contribution is 6.33. The molecule has 2 aliphatic heterocycles. The molecule has 2 heterocycles. The van der Waals surface area contributed by atoms with Gasteiger partial charge in [-0.25, -0.2) is 0 Å². The van der Waals surface area contributed by atoms with Gasteiger partial charge in [0.15, 0.2) is 11.5 Å². The molecule has 1 aromatic carbocycles. The molecule has 3 rings (SSSR count). The van der Waals surface area contributed by atoms with Crippen LogP contribution < -0.4 is 9.47 Å². The highest BCUT2D eigenvalue weighted by Gasteiger charge is 2.37. The Morgan fingerprint density at radius 1 is 1.08 bits per heavy atom. The number of piperidine rings is 1. The molecule has 0 radical (unpaired) electrons. The fourth-order valence-electron chi connectivity index (χ4n) is 4.03. The molecule has 1 atom stereocenters. The number of methoxy groups -OCH3 is 2. The number of halogens is 1. The Labute approximate surface area is 155 Å². The lowest BCUT2D eigenvalue weighted by Gasteiger charge is -2.33. The SMILES string of the molecule is COc1ccc(CN2CCC(O)(CN3CCCCC3)C2)c(Cl)c1OC. The molecule has 25 heavy (non-hydrogen) atoms. The van der Waals surface area contributed by atoms with Crippen molar-refractivity contribution in [3.05, 3.63) is 22.7 Å². The van der Waals surface area contributed by atoms with Gasteiger partial charge in [0.25, 0.3) is 0 Å². The molecule has 140 valence electrons. The Morgan fingerprint density at radius 2 is 1.84 bits per heavy atom. The maximum atomic E-state index is 11.0. The minimum Gasteiger partial charge on any atom is -0.493 e. The van der Waals surface area contributed by atoms with E-state index in [0.29, 0.717) is 29.6 Å². The van der Waals surface area contributed by atoms with Gasteiger partial charge in [-0.15, -0.1) is 0 Å². The van der Waals surface area contributed by atoms with Gasteiger partial charge in [-0.3, -0.25) is 4.90 Å². The molecule has 0 saturated carbocycles. The molecule has 1 unspecified atom stereocenters. The number of β-amino-alcohol motifs (C(OH)–C–C–N with tert-alkyl or cyclic N) is 1. The second-order valence-corrected chi connectivity index (χ2v) is 7.67. The van der Waals surface area contributed by atoms with Crippen molar-refractivity contribution in [2.24, 2.45) is 0 Å². The van der Waals surface area contributed by atoms with E-state index in [2.05, 4.69) is 9.80 Å². The van der Waals surface area contributed by atoms with Crippen LogP contribution >= 0.6 is 11.6 Å². The quantitative estimate of drug-likeness (QED) is 0.836. The molecule has 0 bridgehead atoms. The first-order chi connectivity index (χ1) is 12.0. The van der Waals surface area contributed by atoms with Crippen LogP contribution in [0, 0.1) is 0 Å². The number of benzene rings is 1. The molecule has 0 aromatic heterocycles. The first kappa shape index (κ1) is 18.8. The van der Waals surface area contributed by atoms with Gasteiger partial charge in [-0.1, -0.05) is 24.1 Å². The van der Waals surface area contributed by atoms with Crippen molar-refractivity contribution in [3.8, 4) is 11.5 Å². The molecule has 6 heteroatoms. The topological polar surface area (TPSA) is 45.2 Å². The Kier molecular flexibility index (Phi) is 6.10. The summed E-state index contributed by atoms with van der Waals surface area (Å²) in [6, 6.07) is 3.86. The van der Waals surface area contributed by atoms with Gasteiger partial charge in [-0.05, 0) is 44.0 Å². The summed E-state index contributed by atoms with van der Waals surface area (Å²) >= 11 is 6.50. The number of ether oxygens (including phenoxy) is 2. The number of nitrogens with zero attached hydrogens (tertiary/aromatic N) is 2. The van der Waals surface area contributed by atoms with Crippen LogP contribution in [0.2, 0.25) is 5.02 Å². The summed E-state index contributed by atoms with van der Waals surface area (Å²) in [6.07, 6.45) is 4.63. The minimum absolute atomic E-state index is 0.574. The van der Waals surface area contributed by atoms with E-state index in [9.17, 15) is 5.11 Å². The second kappa shape index (κ2) is 8.12. The van der Waals surface area contributed by atoms with Crippen LogP contribution in [0.15, 0.2) is 12.1 Å². The van der Waals surface area contributed by atoms with Crippen molar-refractivity contribution in [3.63, 3.8) is 0 Å². The number of rotatable bonds is 6. The molecule has 2 fully saturated rings. The van der Waals surface area contributed by atoms with E-state index in [-0.39, 0.29) is 0 Å². The fourth-order valence-corrected chi connectivity index (χ4v) is 4.32. The monoisotopic (exact) mass is 368 g/mol. The van der Waals surface area contributed by atoms with Crippen LogP contribution in [-0.2, 0) is 6.54 Å². The van der Waals surface area contributed by atoms with Crippen LogP contribution in [0.1, 0.15) is 31.2 Å². The third kappa shape index (κ3) is 4.40. The van der Waals surface area contributed by atoms with Gasteiger partial charge in [0.05, 0.1) is 24.8 Å². The predicted octanol–water partition coefficient (Wildman–Crippen LogP) is 2.78. The average molecular weight is 369 g/mol. The zero-order chi connectivity index (χ0) is 17.9. The zero-order valence-corrected chi connectivity index (χ0v) is 16.0. The number of likely N-dealkylation sites (tertiary alicyclic amines) is 2. The molecule has 1 N–H and O–H groups in total. The third-order valence-corrected chi connectivity index (χ3v) is 5.75. The van der Waals surface area contributed by atoms with E-state index in [1.54, 1.807) is 14.2 Å². The van der Waals surface area contributed by atoms with Crippen molar-refractivity contribution < 1.29 is 14.6 Å². The van der Waals surface area contributed by atoms with E-state index in [4.69, 9.17) is 21.1 Å². The largest absolute Gasteiger partial charge is 0.493 e. The average Bonchev–Trinajstić information content (AvgIpc) is 2.97. The van der Waals surface area contributed by atoms with Crippen molar-refractivity contribution in [1.29, 1.82) is 0 Å². The maximum absolute atomic E-state index is 11.0. The van der Waals surface area contributed by atoms with Crippen LogP contribution in [-0.4, -0.2) is 67.5 Å². The standard InChI is InChI=1S/C19H29ClN2O3/c1-24-16-7-6-15(17(20)18(16)25-2)12-22-11-8-19(23,14-22)13-21-9-4-3-5-10-21/h6-7,23H,3-5,8-14H2,1-2H3. The summed E-state index contributed by atoms with van der Waals surface area (Å²) < 4.78 is 10.7. The lowest BCUT2D eigenvalue weighted by Crippen LogP contribution is -2.46. The Hall–Kier alpha value is -1.01. The van der Waals surface area contributed by atoms with E-state index < -0.39 is 5.60 Å². The summed E-state index contributed by atoms with van der Waals surface area (Å²) in [5.41, 5.74) is 0.391. The Bertz CT molecular complexity index is 592. The predicted molar refractivity (Wildman–Crippen MR) is 99.7 cm³/mol. The number of hydrogen-bond acceptors (Lipinski definition) is 5. The highest BCUT2D eigenvalue weighted by atomic mass is 35.5. The van der Waals surface area contributed by atoms with Crippen LogP contribution in [0.25, 0.3) is 0 Å². The summed E-state index contributed by atoms with van der Waals surface area (Å²) in [6.45, 7) is 5.29. The van der Waals surface area contributed by atoms with E-state index in [1.807, 2.05) is 12.1 Å². The maximum Gasteiger partial charge on any atom is 0.179 e. The van der Waals surface area contributed by atoms with E-state index >= 15 is 0 Å². The van der Waals surface area contributed by atoms with Gasteiger partial charge in [0, 0.05) is 26.2 Å².